The van der Waals surface area contributed by atoms with Gasteiger partial charge in [0.25, 0.3) is 5.91 Å². The number of nitrogens with two attached hydrogens (primary N) is 2. The van der Waals surface area contributed by atoms with Crippen LogP contribution in [0.25, 0.3) is 11.4 Å². The van der Waals surface area contributed by atoms with Gasteiger partial charge in [0.1, 0.15) is 5.75 Å². The second kappa shape index (κ2) is 9.61. The molecule has 0 aliphatic carbocycles. The average Bonchev–Trinajstić information content (AvgIpc) is 2.83. The van der Waals surface area contributed by atoms with Gasteiger partial charge in [0.05, 0.1) is 35.6 Å². The number of nitrogens with one attached hydrogen (secondary N) is 1. The fraction of sp³-hybridized carbons (Fsp3) is 0.0800. The number of carbonyl (C=O) groups is 1. The van der Waals surface area contributed by atoms with Crippen LogP contribution in [0.2, 0.25) is 0 Å². The lowest BCUT2D eigenvalue weighted by atomic mass is 10.1. The summed E-state index contributed by atoms with van der Waals surface area (Å²) in [5, 5.41) is 2.88. The van der Waals surface area contributed by atoms with Gasteiger partial charge >= 0.3 is 0 Å². The Morgan fingerprint density at radius 1 is 0.875 bits per heavy atom. The Bertz CT molecular complexity index is 1210. The molecule has 0 saturated carbocycles. The summed E-state index contributed by atoms with van der Waals surface area (Å²) in [6.07, 6.45) is 3.86. The number of nitrogen functional groups attached to an aromatic ring is 2. The van der Waals surface area contributed by atoms with Gasteiger partial charge in [-0.25, -0.2) is 0 Å². The maximum Gasteiger partial charge on any atom is 0.255 e. The van der Waals surface area contributed by atoms with Crippen molar-refractivity contribution in [2.24, 2.45) is 0 Å². The van der Waals surface area contributed by atoms with Crippen molar-refractivity contribution in [3.8, 4) is 17.1 Å². The highest BCUT2D eigenvalue weighted by Gasteiger charge is 2.10. The molecule has 0 spiro atoms. The van der Waals surface area contributed by atoms with Crippen molar-refractivity contribution in [3.63, 3.8) is 0 Å². The molecule has 2 aromatic carbocycles. The maximum absolute atomic E-state index is 12.7. The predicted molar refractivity (Wildman–Crippen MR) is 126 cm³/mol. The minimum absolute atomic E-state index is 0.255. The van der Waals surface area contributed by atoms with E-state index in [-0.39, 0.29) is 5.91 Å². The summed E-state index contributed by atoms with van der Waals surface area (Å²) in [6.45, 7) is 0.583. The van der Waals surface area contributed by atoms with Gasteiger partial charge in [-0.05, 0) is 48.0 Å². The number of hydrogen-bond acceptors (Lipinski definition) is 6. The fourth-order valence-corrected chi connectivity index (χ4v) is 3.10. The zero-order chi connectivity index (χ0) is 22.3. The normalized spacial score (nSPS) is 10.5. The summed E-state index contributed by atoms with van der Waals surface area (Å²) in [6, 6.07) is 22.4. The van der Waals surface area contributed by atoms with Crippen LogP contribution in [0.4, 0.5) is 17.1 Å². The standard InChI is InChI=1S/C25H23N5O2/c26-21-15-24(29-16-22(21)27)23-14-18(10-12-28-23)25(31)30-19-6-8-20(9-7-19)32-13-11-17-4-2-1-3-5-17/h1-10,12,14-16H,11,13,27H2,(H2,26,29)(H,30,31). The van der Waals surface area contributed by atoms with E-state index in [1.54, 1.807) is 36.5 Å². The fourth-order valence-electron chi connectivity index (χ4n) is 3.10. The molecular formula is C25H23N5O2. The Kier molecular flexibility index (Phi) is 6.27. The van der Waals surface area contributed by atoms with Crippen molar-refractivity contribution in [2.75, 3.05) is 23.4 Å². The van der Waals surface area contributed by atoms with Crippen molar-refractivity contribution < 1.29 is 9.53 Å². The SMILES string of the molecule is Nc1cnc(-c2cc(C(=O)Nc3ccc(OCCc4ccccc4)cc3)ccn2)cc1N. The largest absolute Gasteiger partial charge is 0.493 e. The Morgan fingerprint density at radius 2 is 1.62 bits per heavy atom. The topological polar surface area (TPSA) is 116 Å². The van der Waals surface area contributed by atoms with E-state index in [0.717, 1.165) is 12.2 Å². The Hall–Kier alpha value is -4.39. The zero-order valence-corrected chi connectivity index (χ0v) is 17.4. The molecule has 4 rings (SSSR count). The molecule has 0 unspecified atom stereocenters. The Morgan fingerprint density at radius 3 is 2.38 bits per heavy atom. The molecule has 160 valence electrons. The molecule has 0 bridgehead atoms. The summed E-state index contributed by atoms with van der Waals surface area (Å²) in [5.74, 6) is 0.493. The van der Waals surface area contributed by atoms with Gasteiger partial charge in [-0.1, -0.05) is 30.3 Å². The van der Waals surface area contributed by atoms with Gasteiger partial charge in [-0.2, -0.15) is 0 Å². The van der Waals surface area contributed by atoms with Crippen LogP contribution in [0, 0.1) is 0 Å². The number of aromatic nitrogens is 2. The number of anilines is 3. The van der Waals surface area contributed by atoms with E-state index < -0.39 is 0 Å². The quantitative estimate of drug-likeness (QED) is 0.409. The number of amides is 1. The second-order valence-corrected chi connectivity index (χ2v) is 7.19. The molecular weight excluding hydrogens is 402 g/mol. The molecule has 7 heteroatoms. The number of ether oxygens (including phenoxy) is 1. The third-order valence-electron chi connectivity index (χ3n) is 4.87. The molecule has 0 fully saturated rings. The summed E-state index contributed by atoms with van der Waals surface area (Å²) in [5.41, 5.74) is 15.8. The average molecular weight is 425 g/mol. The van der Waals surface area contributed by atoms with Crippen LogP contribution in [0.5, 0.6) is 5.75 Å². The zero-order valence-electron chi connectivity index (χ0n) is 17.4. The molecule has 0 aliphatic heterocycles. The monoisotopic (exact) mass is 425 g/mol. The van der Waals surface area contributed by atoms with E-state index in [1.807, 2.05) is 30.3 Å². The van der Waals surface area contributed by atoms with Crippen molar-refractivity contribution in [3.05, 3.63) is 96.3 Å². The van der Waals surface area contributed by atoms with E-state index in [9.17, 15) is 4.79 Å². The van der Waals surface area contributed by atoms with Gasteiger partial charge in [-0.3, -0.25) is 14.8 Å². The van der Waals surface area contributed by atoms with Crippen molar-refractivity contribution in [1.29, 1.82) is 0 Å². The molecule has 0 aliphatic rings. The van der Waals surface area contributed by atoms with Gasteiger partial charge in [0, 0.05) is 23.9 Å². The first-order valence-corrected chi connectivity index (χ1v) is 10.1. The summed E-state index contributed by atoms with van der Waals surface area (Å²) in [7, 11) is 0. The summed E-state index contributed by atoms with van der Waals surface area (Å²) >= 11 is 0. The van der Waals surface area contributed by atoms with Crippen LogP contribution in [0.3, 0.4) is 0 Å². The van der Waals surface area contributed by atoms with Crippen LogP contribution >= 0.6 is 0 Å². The third kappa shape index (κ3) is 5.20. The second-order valence-electron chi connectivity index (χ2n) is 7.19. The van der Waals surface area contributed by atoms with Crippen LogP contribution in [0.1, 0.15) is 15.9 Å². The number of carbonyl (C=O) groups excluding carboxylic acids is 1. The minimum Gasteiger partial charge on any atom is -0.493 e. The number of pyridine rings is 2. The summed E-state index contributed by atoms with van der Waals surface area (Å²) in [4.78, 5) is 21.2. The highest BCUT2D eigenvalue weighted by molar-refractivity contribution is 6.04. The highest BCUT2D eigenvalue weighted by Crippen LogP contribution is 2.22. The van der Waals surface area contributed by atoms with E-state index >= 15 is 0 Å². The predicted octanol–water partition coefficient (Wildman–Crippen LogP) is 4.18. The Labute approximate surface area is 186 Å². The molecule has 7 nitrogen and oxygen atoms in total. The molecule has 2 aromatic heterocycles. The van der Waals surface area contributed by atoms with Gasteiger partial charge in [0.15, 0.2) is 0 Å². The van der Waals surface area contributed by atoms with Crippen molar-refractivity contribution in [2.45, 2.75) is 6.42 Å². The first kappa shape index (κ1) is 20.9. The molecule has 32 heavy (non-hydrogen) atoms. The van der Waals surface area contributed by atoms with E-state index in [1.165, 1.54) is 11.8 Å². The number of nitrogens with zero attached hydrogens (tertiary/aromatic N) is 2. The lowest BCUT2D eigenvalue weighted by Gasteiger charge is -2.09. The van der Waals surface area contributed by atoms with Crippen LogP contribution in [-0.4, -0.2) is 22.5 Å². The molecule has 2 heterocycles. The number of benzene rings is 2. The summed E-state index contributed by atoms with van der Waals surface area (Å²) < 4.78 is 5.79. The first-order chi connectivity index (χ1) is 15.6. The molecule has 1 amide bonds. The first-order valence-electron chi connectivity index (χ1n) is 10.1. The lowest BCUT2D eigenvalue weighted by molar-refractivity contribution is 0.102. The van der Waals surface area contributed by atoms with E-state index in [4.69, 9.17) is 16.2 Å². The molecule has 5 N–H and O–H groups in total. The van der Waals surface area contributed by atoms with Gasteiger partial charge in [-0.15, -0.1) is 0 Å². The van der Waals surface area contributed by atoms with Crippen LogP contribution in [0.15, 0.2) is 85.2 Å². The van der Waals surface area contributed by atoms with Crippen molar-refractivity contribution in [1.82, 2.24) is 9.97 Å². The van der Waals surface area contributed by atoms with Crippen LogP contribution in [-0.2, 0) is 6.42 Å². The van der Waals surface area contributed by atoms with Gasteiger partial charge < -0.3 is 21.5 Å². The van der Waals surface area contributed by atoms with Gasteiger partial charge in [0.2, 0.25) is 0 Å². The minimum atomic E-state index is -0.255. The number of rotatable bonds is 7. The smallest absolute Gasteiger partial charge is 0.255 e. The lowest BCUT2D eigenvalue weighted by Crippen LogP contribution is -2.12. The molecule has 0 saturated heterocycles. The van der Waals surface area contributed by atoms with E-state index in [0.29, 0.717) is 40.6 Å². The molecule has 4 aromatic rings. The third-order valence-corrected chi connectivity index (χ3v) is 4.87. The maximum atomic E-state index is 12.7. The van der Waals surface area contributed by atoms with E-state index in [2.05, 4.69) is 27.4 Å². The number of hydrogen-bond donors (Lipinski definition) is 3. The molecule has 0 radical (unpaired) electrons. The Balaban J connectivity index is 1.37. The molecule has 0 atom stereocenters. The van der Waals surface area contributed by atoms with Crippen molar-refractivity contribution >= 4 is 23.0 Å². The highest BCUT2D eigenvalue weighted by atomic mass is 16.5. The van der Waals surface area contributed by atoms with Crippen LogP contribution < -0.4 is 21.5 Å².